The summed E-state index contributed by atoms with van der Waals surface area (Å²) in [6.45, 7) is 5.89. The van der Waals surface area contributed by atoms with Gasteiger partial charge in [-0.15, -0.1) is 11.3 Å². The minimum Gasteiger partial charge on any atom is -0.305 e. The van der Waals surface area contributed by atoms with E-state index in [2.05, 4.69) is 54.6 Å². The number of thiophene rings is 1. The summed E-state index contributed by atoms with van der Waals surface area (Å²) in [7, 11) is 0. The average molecular weight is 320 g/mol. The van der Waals surface area contributed by atoms with E-state index >= 15 is 0 Å². The van der Waals surface area contributed by atoms with Gasteiger partial charge >= 0.3 is 0 Å². The Morgan fingerprint density at radius 2 is 2.14 bits per heavy atom. The fourth-order valence-corrected chi connectivity index (χ4v) is 3.99. The highest BCUT2D eigenvalue weighted by molar-refractivity contribution is 7.19. The van der Waals surface area contributed by atoms with Crippen LogP contribution in [0, 0.1) is 0 Å². The number of rotatable bonds is 5. The normalized spacial score (nSPS) is 12.9. The molecule has 3 nitrogen and oxygen atoms in total. The zero-order valence-corrected chi connectivity index (χ0v) is 13.7. The van der Waals surface area contributed by atoms with E-state index in [1.165, 1.54) is 15.0 Å². The molecule has 0 aliphatic rings. The molecule has 0 aliphatic carbocycles. The summed E-state index contributed by atoms with van der Waals surface area (Å²) in [6, 6.07) is 10.8. The number of benzene rings is 1. The molecular formula is C16H18ClN3S. The highest BCUT2D eigenvalue weighted by atomic mass is 35.5. The highest BCUT2D eigenvalue weighted by Gasteiger charge is 2.22. The predicted octanol–water partition coefficient (Wildman–Crippen LogP) is 4.47. The van der Waals surface area contributed by atoms with Crippen molar-refractivity contribution in [3.63, 3.8) is 0 Å². The smallest absolute Gasteiger partial charge is 0.0857 e. The van der Waals surface area contributed by atoms with E-state index in [0.29, 0.717) is 0 Å². The van der Waals surface area contributed by atoms with Gasteiger partial charge in [0.05, 0.1) is 23.0 Å². The summed E-state index contributed by atoms with van der Waals surface area (Å²) in [5.74, 6) is 0. The van der Waals surface area contributed by atoms with Crippen LogP contribution in [0.5, 0.6) is 0 Å². The summed E-state index contributed by atoms with van der Waals surface area (Å²) in [5.41, 5.74) is 1.05. The molecule has 0 spiro atoms. The van der Waals surface area contributed by atoms with E-state index < -0.39 is 0 Å². The lowest BCUT2D eigenvalue weighted by Crippen LogP contribution is -2.24. The molecule has 0 fully saturated rings. The summed E-state index contributed by atoms with van der Waals surface area (Å²) < 4.78 is 3.27. The molecule has 0 amide bonds. The van der Waals surface area contributed by atoms with Gasteiger partial charge in [0.1, 0.15) is 0 Å². The third-order valence-electron chi connectivity index (χ3n) is 3.54. The van der Waals surface area contributed by atoms with Crippen molar-refractivity contribution in [3.8, 4) is 0 Å². The topological polar surface area (TPSA) is 29.9 Å². The van der Waals surface area contributed by atoms with Crippen LogP contribution < -0.4 is 5.32 Å². The lowest BCUT2D eigenvalue weighted by Gasteiger charge is -2.18. The van der Waals surface area contributed by atoms with Crippen LogP contribution in [-0.4, -0.2) is 16.3 Å². The van der Waals surface area contributed by atoms with E-state index in [1.54, 1.807) is 6.20 Å². The van der Waals surface area contributed by atoms with Crippen LogP contribution in [0.15, 0.2) is 36.5 Å². The molecule has 3 rings (SSSR count). The molecule has 1 N–H and O–H groups in total. The standard InChI is InChI=1S/C16H18ClN3S/c1-3-18-15(16-12(17)10-19-20(16)4-2)14-9-11-7-5-6-8-13(11)21-14/h5-10,15,18H,3-4H2,1-2H3. The Bertz CT molecular complexity index is 714. The number of aryl methyl sites for hydroxylation is 1. The largest absolute Gasteiger partial charge is 0.305 e. The Labute approximate surface area is 133 Å². The maximum atomic E-state index is 6.38. The van der Waals surface area contributed by atoms with E-state index in [9.17, 15) is 0 Å². The lowest BCUT2D eigenvalue weighted by molar-refractivity contribution is 0.547. The number of nitrogens with zero attached hydrogens (tertiary/aromatic N) is 2. The third kappa shape index (κ3) is 2.71. The highest BCUT2D eigenvalue weighted by Crippen LogP contribution is 2.35. The Hall–Kier alpha value is -1.36. The minimum absolute atomic E-state index is 0.0855. The van der Waals surface area contributed by atoms with Crippen molar-refractivity contribution in [1.82, 2.24) is 15.1 Å². The maximum Gasteiger partial charge on any atom is 0.0857 e. The molecule has 1 unspecified atom stereocenters. The second kappa shape index (κ2) is 6.18. The van der Waals surface area contributed by atoms with Gasteiger partial charge in [-0.05, 0) is 31.0 Å². The Kier molecular flexibility index (Phi) is 4.29. The van der Waals surface area contributed by atoms with E-state index in [4.69, 9.17) is 11.6 Å². The molecule has 0 radical (unpaired) electrons. The van der Waals surface area contributed by atoms with Crippen LogP contribution >= 0.6 is 22.9 Å². The number of aromatic nitrogens is 2. The van der Waals surface area contributed by atoms with Crippen molar-refractivity contribution in [2.45, 2.75) is 26.4 Å². The molecule has 2 heterocycles. The fraction of sp³-hybridized carbons (Fsp3) is 0.312. The van der Waals surface area contributed by atoms with Gasteiger partial charge in [-0.1, -0.05) is 36.7 Å². The number of halogens is 1. The number of fused-ring (bicyclic) bond motifs is 1. The maximum absolute atomic E-state index is 6.38. The van der Waals surface area contributed by atoms with Crippen LogP contribution in [0.25, 0.3) is 10.1 Å². The molecule has 0 aliphatic heterocycles. The molecule has 110 valence electrons. The first-order valence-electron chi connectivity index (χ1n) is 7.17. The molecule has 21 heavy (non-hydrogen) atoms. The van der Waals surface area contributed by atoms with Crippen LogP contribution in [0.2, 0.25) is 5.02 Å². The van der Waals surface area contributed by atoms with Crippen molar-refractivity contribution in [3.05, 3.63) is 52.1 Å². The molecule has 1 atom stereocenters. The molecule has 0 saturated carbocycles. The summed E-state index contributed by atoms with van der Waals surface area (Å²) in [4.78, 5) is 1.27. The van der Waals surface area contributed by atoms with E-state index in [0.717, 1.165) is 23.8 Å². The van der Waals surface area contributed by atoms with Gasteiger partial charge in [0.15, 0.2) is 0 Å². The van der Waals surface area contributed by atoms with Crippen LogP contribution in [0.3, 0.4) is 0 Å². The molecule has 3 aromatic rings. The first kappa shape index (κ1) is 14.6. The molecule has 1 aromatic carbocycles. The van der Waals surface area contributed by atoms with Gasteiger partial charge in [-0.25, -0.2) is 0 Å². The number of hydrogen-bond donors (Lipinski definition) is 1. The molecule has 5 heteroatoms. The van der Waals surface area contributed by atoms with Crippen LogP contribution in [-0.2, 0) is 6.54 Å². The molecule has 0 saturated heterocycles. The zero-order chi connectivity index (χ0) is 14.8. The van der Waals surface area contributed by atoms with Gasteiger partial charge < -0.3 is 5.32 Å². The van der Waals surface area contributed by atoms with Gasteiger partial charge in [-0.2, -0.15) is 5.10 Å². The summed E-state index contributed by atoms with van der Waals surface area (Å²) in [6.07, 6.45) is 1.73. The second-order valence-corrected chi connectivity index (χ2v) is 6.39. The average Bonchev–Trinajstić information content (AvgIpc) is 3.08. The van der Waals surface area contributed by atoms with Crippen molar-refractivity contribution in [1.29, 1.82) is 0 Å². The Morgan fingerprint density at radius 1 is 1.33 bits per heavy atom. The molecule has 2 aromatic heterocycles. The Morgan fingerprint density at radius 3 is 2.86 bits per heavy atom. The SMILES string of the molecule is CCNC(c1cc2ccccc2s1)c1c(Cl)cnn1CC. The summed E-state index contributed by atoms with van der Waals surface area (Å²) in [5, 5.41) is 9.91. The first-order chi connectivity index (χ1) is 10.2. The van der Waals surface area contributed by atoms with Crippen LogP contribution in [0.1, 0.15) is 30.5 Å². The number of hydrogen-bond acceptors (Lipinski definition) is 3. The lowest BCUT2D eigenvalue weighted by atomic mass is 10.1. The second-order valence-electron chi connectivity index (χ2n) is 4.87. The summed E-state index contributed by atoms with van der Waals surface area (Å²) >= 11 is 8.19. The van der Waals surface area contributed by atoms with Gasteiger partial charge in [0, 0.05) is 16.1 Å². The minimum atomic E-state index is 0.0855. The van der Waals surface area contributed by atoms with E-state index in [-0.39, 0.29) is 6.04 Å². The first-order valence-corrected chi connectivity index (χ1v) is 8.37. The van der Waals surface area contributed by atoms with Crippen molar-refractivity contribution in [2.24, 2.45) is 0 Å². The zero-order valence-electron chi connectivity index (χ0n) is 12.1. The number of nitrogens with one attached hydrogen (secondary N) is 1. The van der Waals surface area contributed by atoms with Crippen LogP contribution in [0.4, 0.5) is 0 Å². The van der Waals surface area contributed by atoms with Crippen molar-refractivity contribution in [2.75, 3.05) is 6.54 Å². The predicted molar refractivity (Wildman–Crippen MR) is 90.3 cm³/mol. The Balaban J connectivity index is 2.10. The van der Waals surface area contributed by atoms with Crippen molar-refractivity contribution < 1.29 is 0 Å². The van der Waals surface area contributed by atoms with Gasteiger partial charge in [0.2, 0.25) is 0 Å². The quantitative estimate of drug-likeness (QED) is 0.752. The van der Waals surface area contributed by atoms with Gasteiger partial charge in [0.25, 0.3) is 0 Å². The molecule has 0 bridgehead atoms. The van der Waals surface area contributed by atoms with Crippen molar-refractivity contribution >= 4 is 33.0 Å². The van der Waals surface area contributed by atoms with Gasteiger partial charge in [-0.3, -0.25) is 4.68 Å². The fourth-order valence-electron chi connectivity index (χ4n) is 2.59. The third-order valence-corrected chi connectivity index (χ3v) is 5.02. The van der Waals surface area contributed by atoms with E-state index in [1.807, 2.05) is 16.0 Å². The molecular weight excluding hydrogens is 302 g/mol. The monoisotopic (exact) mass is 319 g/mol.